The van der Waals surface area contributed by atoms with Gasteiger partial charge in [-0.05, 0) is 48.0 Å². The standard InChI is InChI=1S/C24H15FN2O3S/c1-29-21-13-15(10-11-20(21)30-24(28)17-6-2-3-7-18(17)25)12-16(14-26)23-27-19-8-4-5-9-22(19)31-23/h2-13H,1H3/b16-12+. The summed E-state index contributed by atoms with van der Waals surface area (Å²) in [5.41, 5.74) is 1.73. The van der Waals surface area contributed by atoms with Crippen molar-refractivity contribution in [3.63, 3.8) is 0 Å². The molecule has 7 heteroatoms. The van der Waals surface area contributed by atoms with Crippen LogP contribution in [0.5, 0.6) is 11.5 Å². The van der Waals surface area contributed by atoms with Crippen molar-refractivity contribution in [1.82, 2.24) is 4.98 Å². The number of hydrogen-bond donors (Lipinski definition) is 0. The number of aromatic nitrogens is 1. The van der Waals surface area contributed by atoms with E-state index in [9.17, 15) is 14.4 Å². The molecule has 4 rings (SSSR count). The van der Waals surface area contributed by atoms with Crippen LogP contribution in [0.3, 0.4) is 0 Å². The van der Waals surface area contributed by atoms with Gasteiger partial charge >= 0.3 is 5.97 Å². The molecule has 0 atom stereocenters. The van der Waals surface area contributed by atoms with Crippen LogP contribution in [-0.2, 0) is 0 Å². The minimum atomic E-state index is -0.827. The van der Waals surface area contributed by atoms with E-state index in [2.05, 4.69) is 11.1 Å². The number of carbonyl (C=O) groups is 1. The molecule has 4 aromatic rings. The fourth-order valence-electron chi connectivity index (χ4n) is 2.94. The first-order valence-corrected chi connectivity index (χ1v) is 10.0. The van der Waals surface area contributed by atoms with E-state index in [1.54, 1.807) is 24.3 Å². The SMILES string of the molecule is COc1cc(/C=C(\C#N)c2nc3ccccc3s2)ccc1OC(=O)c1ccccc1F. The molecule has 0 bridgehead atoms. The number of nitrogens with zero attached hydrogens (tertiary/aromatic N) is 2. The van der Waals surface area contributed by atoms with Crippen molar-refractivity contribution in [1.29, 1.82) is 5.26 Å². The normalized spacial score (nSPS) is 11.2. The summed E-state index contributed by atoms with van der Waals surface area (Å²) in [7, 11) is 1.43. The molecule has 0 unspecified atom stereocenters. The highest BCUT2D eigenvalue weighted by molar-refractivity contribution is 7.19. The summed E-state index contributed by atoms with van der Waals surface area (Å²) >= 11 is 1.43. The Kier molecular flexibility index (Phi) is 5.74. The minimum Gasteiger partial charge on any atom is -0.493 e. The summed E-state index contributed by atoms with van der Waals surface area (Å²) in [4.78, 5) is 16.8. The lowest BCUT2D eigenvalue weighted by molar-refractivity contribution is 0.0725. The second-order valence-electron chi connectivity index (χ2n) is 6.44. The number of para-hydroxylation sites is 1. The fraction of sp³-hybridized carbons (Fsp3) is 0.0417. The Hall–Kier alpha value is -4.02. The van der Waals surface area contributed by atoms with E-state index in [0.717, 1.165) is 10.2 Å². The number of carbonyl (C=O) groups excluding carboxylic acids is 1. The van der Waals surface area contributed by atoms with Crippen molar-refractivity contribution in [3.05, 3.63) is 88.7 Å². The zero-order valence-corrected chi connectivity index (χ0v) is 17.2. The monoisotopic (exact) mass is 430 g/mol. The maximum atomic E-state index is 13.8. The van der Waals surface area contributed by atoms with Crippen LogP contribution in [0.1, 0.15) is 20.9 Å². The van der Waals surface area contributed by atoms with Crippen molar-refractivity contribution in [2.45, 2.75) is 0 Å². The number of rotatable bonds is 5. The first kappa shape index (κ1) is 20.3. The lowest BCUT2D eigenvalue weighted by Gasteiger charge is -2.10. The molecule has 0 spiro atoms. The summed E-state index contributed by atoms with van der Waals surface area (Å²) in [5.74, 6) is -1.07. The van der Waals surface area contributed by atoms with E-state index in [0.29, 0.717) is 16.1 Å². The highest BCUT2D eigenvalue weighted by Gasteiger charge is 2.16. The zero-order chi connectivity index (χ0) is 21.8. The van der Waals surface area contributed by atoms with Gasteiger partial charge in [0.1, 0.15) is 16.9 Å². The summed E-state index contributed by atoms with van der Waals surface area (Å²) < 4.78 is 25.5. The lowest BCUT2D eigenvalue weighted by Crippen LogP contribution is -2.11. The van der Waals surface area contributed by atoms with Gasteiger partial charge in [0.15, 0.2) is 11.5 Å². The lowest BCUT2D eigenvalue weighted by atomic mass is 10.1. The number of esters is 1. The topological polar surface area (TPSA) is 72.2 Å². The number of fused-ring (bicyclic) bond motifs is 1. The number of benzene rings is 3. The first-order valence-electron chi connectivity index (χ1n) is 9.21. The van der Waals surface area contributed by atoms with Crippen molar-refractivity contribution < 1.29 is 18.7 Å². The van der Waals surface area contributed by atoms with Crippen LogP contribution in [0.2, 0.25) is 0 Å². The molecule has 0 saturated heterocycles. The number of allylic oxidation sites excluding steroid dienone is 1. The Morgan fingerprint density at radius 2 is 1.87 bits per heavy atom. The molecule has 1 heterocycles. The predicted octanol–water partition coefficient (Wildman–Crippen LogP) is 5.73. The van der Waals surface area contributed by atoms with Gasteiger partial charge in [-0.25, -0.2) is 14.2 Å². The third-order valence-corrected chi connectivity index (χ3v) is 5.51. The molecule has 0 N–H and O–H groups in total. The van der Waals surface area contributed by atoms with Gasteiger partial charge in [0, 0.05) is 0 Å². The van der Waals surface area contributed by atoms with Gasteiger partial charge in [-0.3, -0.25) is 0 Å². The molecule has 31 heavy (non-hydrogen) atoms. The van der Waals surface area contributed by atoms with Crippen molar-refractivity contribution in [3.8, 4) is 17.6 Å². The molecule has 0 amide bonds. The molecule has 152 valence electrons. The van der Waals surface area contributed by atoms with Crippen LogP contribution in [-0.4, -0.2) is 18.1 Å². The Morgan fingerprint density at radius 1 is 1.10 bits per heavy atom. The van der Waals surface area contributed by atoms with Crippen LogP contribution >= 0.6 is 11.3 Å². The largest absolute Gasteiger partial charge is 0.493 e. The number of nitriles is 1. The fourth-order valence-corrected chi connectivity index (χ4v) is 3.87. The molecule has 0 aliphatic heterocycles. The average molecular weight is 430 g/mol. The van der Waals surface area contributed by atoms with E-state index in [1.165, 1.54) is 42.7 Å². The third-order valence-electron chi connectivity index (χ3n) is 4.44. The average Bonchev–Trinajstić information content (AvgIpc) is 3.22. The number of ether oxygens (including phenoxy) is 2. The molecule has 0 radical (unpaired) electrons. The van der Waals surface area contributed by atoms with Crippen LogP contribution in [0.4, 0.5) is 4.39 Å². The van der Waals surface area contributed by atoms with Gasteiger partial charge in [-0.15, -0.1) is 11.3 Å². The molecule has 5 nitrogen and oxygen atoms in total. The second-order valence-corrected chi connectivity index (χ2v) is 7.47. The third kappa shape index (κ3) is 4.29. The quantitative estimate of drug-likeness (QED) is 0.230. The molecule has 0 aliphatic carbocycles. The second kappa shape index (κ2) is 8.78. The summed E-state index contributed by atoms with van der Waals surface area (Å²) in [6, 6.07) is 20.3. The van der Waals surface area contributed by atoms with Gasteiger partial charge < -0.3 is 9.47 Å². The highest BCUT2D eigenvalue weighted by Crippen LogP contribution is 2.32. The first-order chi connectivity index (χ1) is 15.1. The van der Waals surface area contributed by atoms with Gasteiger partial charge in [0.25, 0.3) is 0 Å². The smallest absolute Gasteiger partial charge is 0.346 e. The number of hydrogen-bond acceptors (Lipinski definition) is 6. The van der Waals surface area contributed by atoms with Crippen molar-refractivity contribution in [2.75, 3.05) is 7.11 Å². The van der Waals surface area contributed by atoms with E-state index >= 15 is 0 Å². The summed E-state index contributed by atoms with van der Waals surface area (Å²) in [5, 5.41) is 10.2. The highest BCUT2D eigenvalue weighted by atomic mass is 32.1. The van der Waals surface area contributed by atoms with E-state index in [-0.39, 0.29) is 17.1 Å². The van der Waals surface area contributed by atoms with E-state index in [1.807, 2.05) is 24.3 Å². The Morgan fingerprint density at radius 3 is 2.61 bits per heavy atom. The molecular weight excluding hydrogens is 415 g/mol. The van der Waals surface area contributed by atoms with Crippen LogP contribution < -0.4 is 9.47 Å². The Labute approximate surface area is 181 Å². The van der Waals surface area contributed by atoms with Gasteiger partial charge in [0.2, 0.25) is 0 Å². The Bertz CT molecular complexity index is 1320. The van der Waals surface area contributed by atoms with Crippen LogP contribution in [0, 0.1) is 17.1 Å². The number of methoxy groups -OCH3 is 1. The van der Waals surface area contributed by atoms with Crippen molar-refractivity contribution in [2.24, 2.45) is 0 Å². The van der Waals surface area contributed by atoms with E-state index in [4.69, 9.17) is 9.47 Å². The van der Waals surface area contributed by atoms with E-state index < -0.39 is 11.8 Å². The summed E-state index contributed by atoms with van der Waals surface area (Å²) in [6.07, 6.45) is 1.68. The number of halogens is 1. The van der Waals surface area contributed by atoms with Crippen LogP contribution in [0.15, 0.2) is 66.7 Å². The van der Waals surface area contributed by atoms with Gasteiger partial charge in [-0.1, -0.05) is 30.3 Å². The maximum Gasteiger partial charge on any atom is 0.346 e. The molecule has 1 aromatic heterocycles. The molecule has 0 aliphatic rings. The Balaban J connectivity index is 1.63. The molecular formula is C24H15FN2O3S. The van der Waals surface area contributed by atoms with Crippen molar-refractivity contribution >= 4 is 39.2 Å². The predicted molar refractivity (Wildman–Crippen MR) is 117 cm³/mol. The zero-order valence-electron chi connectivity index (χ0n) is 16.3. The number of thiazole rings is 1. The maximum absolute atomic E-state index is 13.8. The molecule has 0 saturated carbocycles. The minimum absolute atomic E-state index is 0.145. The van der Waals surface area contributed by atoms with Crippen LogP contribution in [0.25, 0.3) is 21.9 Å². The summed E-state index contributed by atoms with van der Waals surface area (Å²) in [6.45, 7) is 0. The van der Waals surface area contributed by atoms with Gasteiger partial charge in [0.05, 0.1) is 28.5 Å². The molecule has 3 aromatic carbocycles. The van der Waals surface area contributed by atoms with Gasteiger partial charge in [-0.2, -0.15) is 5.26 Å². The molecule has 0 fully saturated rings.